The Kier molecular flexibility index (Phi) is 6.25. The molecule has 1 aromatic rings. The van der Waals surface area contributed by atoms with E-state index in [1.54, 1.807) is 10.9 Å². The van der Waals surface area contributed by atoms with Crippen LogP contribution in [0.5, 0.6) is 0 Å². The summed E-state index contributed by atoms with van der Waals surface area (Å²) in [5.74, 6) is 1.57. The predicted octanol–water partition coefficient (Wildman–Crippen LogP) is 1.48. The monoisotopic (exact) mass is 396 g/mol. The van der Waals surface area contributed by atoms with E-state index in [1.165, 1.54) is 0 Å². The van der Waals surface area contributed by atoms with Gasteiger partial charge in [0, 0.05) is 51.4 Å². The van der Waals surface area contributed by atoms with Crippen LogP contribution in [0.4, 0.5) is 0 Å². The summed E-state index contributed by atoms with van der Waals surface area (Å²) in [6, 6.07) is -0.113. The van der Waals surface area contributed by atoms with Gasteiger partial charge in [0.2, 0.25) is 5.91 Å². The molecule has 1 amide bonds. The van der Waals surface area contributed by atoms with Crippen molar-refractivity contribution in [3.63, 3.8) is 0 Å². The van der Waals surface area contributed by atoms with Crippen molar-refractivity contribution < 1.29 is 13.2 Å². The lowest BCUT2D eigenvalue weighted by molar-refractivity contribution is -0.133. The number of rotatable bonds is 5. The number of carbonyl (C=O) groups is 1. The minimum atomic E-state index is -3.01. The van der Waals surface area contributed by atoms with Gasteiger partial charge < -0.3 is 4.90 Å². The molecule has 1 aromatic heterocycles. The molecule has 0 aromatic carbocycles. The Balaban J connectivity index is 1.60. The zero-order valence-electron chi connectivity index (χ0n) is 16.7. The first-order valence-electron chi connectivity index (χ1n) is 9.94. The summed E-state index contributed by atoms with van der Waals surface area (Å²) in [5.41, 5.74) is 0.977. The second-order valence-corrected chi connectivity index (χ2v) is 10.7. The third-order valence-electron chi connectivity index (χ3n) is 5.69. The summed E-state index contributed by atoms with van der Waals surface area (Å²) in [6.45, 7) is 7.26. The molecule has 0 spiro atoms. The molecule has 1 unspecified atom stereocenters. The molecule has 2 aliphatic rings. The first-order valence-corrected chi connectivity index (χ1v) is 11.8. The summed E-state index contributed by atoms with van der Waals surface area (Å²) in [5, 5.41) is 4.22. The second kappa shape index (κ2) is 8.31. The van der Waals surface area contributed by atoms with Crippen molar-refractivity contribution in [2.75, 3.05) is 37.7 Å². The van der Waals surface area contributed by atoms with Gasteiger partial charge >= 0.3 is 0 Å². The van der Waals surface area contributed by atoms with Crippen molar-refractivity contribution in [3.05, 3.63) is 18.0 Å². The lowest BCUT2D eigenvalue weighted by Crippen LogP contribution is -2.47. The van der Waals surface area contributed by atoms with Crippen molar-refractivity contribution in [2.24, 2.45) is 18.9 Å². The van der Waals surface area contributed by atoms with E-state index in [0.717, 1.165) is 38.0 Å². The average Bonchev–Trinajstić information content (AvgIpc) is 3.02. The molecule has 3 heterocycles. The fourth-order valence-electron chi connectivity index (χ4n) is 4.15. The zero-order chi connectivity index (χ0) is 19.6. The smallest absolute Gasteiger partial charge is 0.222 e. The number of piperidine rings is 1. The number of likely N-dealkylation sites (tertiary alicyclic amines) is 1. The summed E-state index contributed by atoms with van der Waals surface area (Å²) < 4.78 is 26.1. The van der Waals surface area contributed by atoms with Crippen LogP contribution in [-0.4, -0.2) is 71.6 Å². The summed E-state index contributed by atoms with van der Waals surface area (Å²) in [7, 11) is -1.15. The SMILES string of the molecule is CC(C)CC(=O)N1CCC(CN2CCS(=O)(=O)CC2c2cnn(C)c2)CC1. The second-order valence-electron chi connectivity index (χ2n) is 8.49. The largest absolute Gasteiger partial charge is 0.343 e. The van der Waals surface area contributed by atoms with Gasteiger partial charge in [-0.25, -0.2) is 8.42 Å². The van der Waals surface area contributed by atoms with Gasteiger partial charge in [-0.1, -0.05) is 13.8 Å². The Hall–Kier alpha value is -1.41. The van der Waals surface area contributed by atoms with Gasteiger partial charge in [-0.3, -0.25) is 14.4 Å². The third kappa shape index (κ3) is 5.31. The molecule has 2 aliphatic heterocycles. The predicted molar refractivity (Wildman–Crippen MR) is 105 cm³/mol. The van der Waals surface area contributed by atoms with Gasteiger partial charge in [0.15, 0.2) is 9.84 Å². The minimum Gasteiger partial charge on any atom is -0.343 e. The van der Waals surface area contributed by atoms with Gasteiger partial charge in [0.05, 0.1) is 23.7 Å². The average molecular weight is 397 g/mol. The molecule has 8 heteroatoms. The highest BCUT2D eigenvalue weighted by Gasteiger charge is 2.35. The van der Waals surface area contributed by atoms with Crippen molar-refractivity contribution in [2.45, 2.75) is 39.2 Å². The number of sulfone groups is 1. The van der Waals surface area contributed by atoms with E-state index in [2.05, 4.69) is 23.8 Å². The Bertz CT molecular complexity index is 751. The van der Waals surface area contributed by atoms with Gasteiger partial charge in [-0.15, -0.1) is 0 Å². The number of nitrogens with zero attached hydrogens (tertiary/aromatic N) is 4. The molecule has 3 rings (SSSR count). The van der Waals surface area contributed by atoms with Crippen LogP contribution in [0, 0.1) is 11.8 Å². The number of aryl methyl sites for hydroxylation is 1. The first kappa shape index (κ1) is 20.3. The Morgan fingerprint density at radius 1 is 1.26 bits per heavy atom. The highest BCUT2D eigenvalue weighted by molar-refractivity contribution is 7.91. The molecule has 0 bridgehead atoms. The van der Waals surface area contributed by atoms with Crippen molar-refractivity contribution in [3.8, 4) is 0 Å². The highest BCUT2D eigenvalue weighted by Crippen LogP contribution is 2.29. The minimum absolute atomic E-state index is 0.113. The maximum atomic E-state index is 12.3. The standard InChI is InChI=1S/C19H32N4O3S/c1-15(2)10-19(24)22-6-4-16(5-7-22)12-23-8-9-27(25,26)14-18(23)17-11-20-21(3)13-17/h11,13,15-16,18H,4-10,12,14H2,1-3H3. The number of amides is 1. The van der Waals surface area contributed by atoms with Crippen LogP contribution in [0.15, 0.2) is 12.4 Å². The molecule has 7 nitrogen and oxygen atoms in total. The van der Waals surface area contributed by atoms with Crippen LogP contribution in [0.3, 0.4) is 0 Å². The maximum absolute atomic E-state index is 12.3. The summed E-state index contributed by atoms with van der Waals surface area (Å²) in [6.07, 6.45) is 6.31. The lowest BCUT2D eigenvalue weighted by Gasteiger charge is -2.40. The van der Waals surface area contributed by atoms with E-state index in [4.69, 9.17) is 0 Å². The van der Waals surface area contributed by atoms with E-state index < -0.39 is 9.84 Å². The number of aromatic nitrogens is 2. The van der Waals surface area contributed by atoms with E-state index in [1.807, 2.05) is 18.1 Å². The van der Waals surface area contributed by atoms with Crippen LogP contribution in [0.1, 0.15) is 44.7 Å². The number of hydrogen-bond donors (Lipinski definition) is 0. The van der Waals surface area contributed by atoms with E-state index in [9.17, 15) is 13.2 Å². The zero-order valence-corrected chi connectivity index (χ0v) is 17.5. The summed E-state index contributed by atoms with van der Waals surface area (Å²) in [4.78, 5) is 16.6. The Labute approximate surface area is 162 Å². The van der Waals surface area contributed by atoms with Gasteiger partial charge in [0.25, 0.3) is 0 Å². The molecule has 0 N–H and O–H groups in total. The van der Waals surface area contributed by atoms with Crippen molar-refractivity contribution in [1.82, 2.24) is 19.6 Å². The summed E-state index contributed by atoms with van der Waals surface area (Å²) >= 11 is 0. The Morgan fingerprint density at radius 2 is 1.96 bits per heavy atom. The van der Waals surface area contributed by atoms with E-state index >= 15 is 0 Å². The van der Waals surface area contributed by atoms with Crippen LogP contribution in [0.25, 0.3) is 0 Å². The molecule has 2 saturated heterocycles. The van der Waals surface area contributed by atoms with Gasteiger partial charge in [0.1, 0.15) is 0 Å². The fraction of sp³-hybridized carbons (Fsp3) is 0.789. The molecular formula is C19H32N4O3S. The molecular weight excluding hydrogens is 364 g/mol. The lowest BCUT2D eigenvalue weighted by atomic mass is 9.94. The number of carbonyl (C=O) groups excluding carboxylic acids is 1. The van der Waals surface area contributed by atoms with Crippen molar-refractivity contribution in [1.29, 1.82) is 0 Å². The van der Waals surface area contributed by atoms with Crippen molar-refractivity contribution >= 4 is 15.7 Å². The van der Waals surface area contributed by atoms with Crippen LogP contribution in [-0.2, 0) is 21.7 Å². The van der Waals surface area contributed by atoms with Crippen LogP contribution >= 0.6 is 0 Å². The van der Waals surface area contributed by atoms with Crippen LogP contribution < -0.4 is 0 Å². The topological polar surface area (TPSA) is 75.5 Å². The highest BCUT2D eigenvalue weighted by atomic mass is 32.2. The molecule has 0 saturated carbocycles. The van der Waals surface area contributed by atoms with E-state index in [-0.39, 0.29) is 23.5 Å². The van der Waals surface area contributed by atoms with Gasteiger partial charge in [-0.2, -0.15) is 5.10 Å². The maximum Gasteiger partial charge on any atom is 0.222 e. The fourth-order valence-corrected chi connectivity index (χ4v) is 5.72. The van der Waals surface area contributed by atoms with Crippen LogP contribution in [0.2, 0.25) is 0 Å². The van der Waals surface area contributed by atoms with E-state index in [0.29, 0.717) is 24.8 Å². The molecule has 2 fully saturated rings. The molecule has 27 heavy (non-hydrogen) atoms. The Morgan fingerprint density at radius 3 is 2.56 bits per heavy atom. The molecule has 1 atom stereocenters. The molecule has 0 aliphatic carbocycles. The molecule has 152 valence electrons. The van der Waals surface area contributed by atoms with Gasteiger partial charge in [-0.05, 0) is 24.7 Å². The first-order chi connectivity index (χ1) is 12.7. The quantitative estimate of drug-likeness (QED) is 0.753. The normalized spacial score (nSPS) is 24.4. The number of hydrogen-bond acceptors (Lipinski definition) is 5. The molecule has 0 radical (unpaired) electrons. The third-order valence-corrected chi connectivity index (χ3v) is 7.32.